The fourth-order valence-corrected chi connectivity index (χ4v) is 9.72. The van der Waals surface area contributed by atoms with Gasteiger partial charge in [-0.25, -0.2) is 9.59 Å². The van der Waals surface area contributed by atoms with Gasteiger partial charge < -0.3 is 39.6 Å². The molecule has 4 aliphatic rings. The molecule has 7 rings (SSSR count). The molecule has 1 saturated heterocycles. The molecule has 0 spiro atoms. The summed E-state index contributed by atoms with van der Waals surface area (Å²) in [7, 11) is 0. The maximum atomic E-state index is 14.9. The topological polar surface area (TPSA) is 212 Å². The van der Waals surface area contributed by atoms with Crippen LogP contribution in [0, 0.1) is 16.7 Å². The number of fused-ring (bicyclic) bond motifs is 5. The quantitative estimate of drug-likeness (QED) is 0.139. The van der Waals surface area contributed by atoms with E-state index in [2.05, 4.69) is 5.32 Å². The molecule has 3 aromatic carbocycles. The molecule has 4 N–H and O–H groups in total. The molecule has 2 bridgehead atoms. The van der Waals surface area contributed by atoms with Gasteiger partial charge in [0.15, 0.2) is 11.7 Å². The normalized spacial score (nSPS) is 31.8. The summed E-state index contributed by atoms with van der Waals surface area (Å²) in [6.07, 6.45) is -8.76. The summed E-state index contributed by atoms with van der Waals surface area (Å²) in [6.45, 7) is 6.60. The summed E-state index contributed by atoms with van der Waals surface area (Å²) in [5.41, 5.74) is -7.50. The highest BCUT2D eigenvalue weighted by molar-refractivity contribution is 6.46. The molecule has 2 saturated carbocycles. The van der Waals surface area contributed by atoms with E-state index >= 15 is 0 Å². The van der Waals surface area contributed by atoms with Crippen LogP contribution in [-0.4, -0.2) is 99.0 Å². The number of ether oxygens (including phenoxy) is 4. The van der Waals surface area contributed by atoms with E-state index in [9.17, 15) is 44.1 Å². The van der Waals surface area contributed by atoms with Crippen LogP contribution < -0.4 is 5.32 Å². The molecule has 3 aromatic rings. The second-order valence-corrected chi connectivity index (χ2v) is 16.6. The smallest absolute Gasteiger partial charge is 0.338 e. The summed E-state index contributed by atoms with van der Waals surface area (Å²) >= 11 is 0. The molecule has 3 aliphatic carbocycles. The number of nitrogens with one attached hydrogen (secondary N) is 1. The maximum Gasteiger partial charge on any atom is 0.338 e. The van der Waals surface area contributed by atoms with Gasteiger partial charge in [0.25, 0.3) is 5.91 Å². The molecule has 10 atom stereocenters. The number of hydrogen-bond acceptors (Lipinski definition) is 13. The number of aliphatic hydroxyl groups excluding tert-OH is 2. The molecular weight excluding hydrogens is 762 g/mol. The van der Waals surface area contributed by atoms with Gasteiger partial charge in [-0.1, -0.05) is 80.6 Å². The molecule has 1 unspecified atom stereocenters. The Labute approximate surface area is 340 Å². The summed E-state index contributed by atoms with van der Waals surface area (Å²) < 4.78 is 24.1. The van der Waals surface area contributed by atoms with Gasteiger partial charge in [-0.05, 0) is 49.2 Å². The van der Waals surface area contributed by atoms with Crippen molar-refractivity contribution in [2.45, 2.75) is 95.2 Å². The van der Waals surface area contributed by atoms with E-state index in [0.29, 0.717) is 5.56 Å². The molecule has 14 heteroatoms. The first-order valence-electron chi connectivity index (χ1n) is 19.5. The van der Waals surface area contributed by atoms with E-state index in [1.54, 1.807) is 78.9 Å². The van der Waals surface area contributed by atoms with Crippen LogP contribution in [-0.2, 0) is 38.1 Å². The molecule has 310 valence electrons. The number of benzene rings is 3. The van der Waals surface area contributed by atoms with Crippen molar-refractivity contribution in [3.8, 4) is 0 Å². The molecule has 59 heavy (non-hydrogen) atoms. The highest BCUT2D eigenvalue weighted by Gasteiger charge is 2.78. The molecule has 1 aliphatic heterocycles. The van der Waals surface area contributed by atoms with Gasteiger partial charge in [0.2, 0.25) is 11.6 Å². The number of amides is 1. The molecule has 1 amide bonds. The average Bonchev–Trinajstić information content (AvgIpc) is 3.21. The van der Waals surface area contributed by atoms with Crippen molar-refractivity contribution in [1.82, 2.24) is 5.32 Å². The first-order chi connectivity index (χ1) is 27.9. The van der Waals surface area contributed by atoms with Crippen molar-refractivity contribution in [1.29, 1.82) is 0 Å². The third-order valence-corrected chi connectivity index (χ3v) is 13.0. The van der Waals surface area contributed by atoms with Crippen molar-refractivity contribution in [3.63, 3.8) is 0 Å². The van der Waals surface area contributed by atoms with E-state index in [0.717, 1.165) is 6.92 Å². The summed E-state index contributed by atoms with van der Waals surface area (Å²) in [5, 5.41) is 39.6. The van der Waals surface area contributed by atoms with Crippen LogP contribution in [0.1, 0.15) is 79.8 Å². The SMILES string of the molecule is CC(=O)O[C@@]12CO[C@@H]1C[C@@H](O)[C@@]1(C)C(=O)C(=O)C3=C(C)[C@@H](OC(=O)[C@H](O)C(NC(=O)c4ccccc4)c4ccccc4)C[C@@](O)([C@@H](OC(=O)c4ccccc4)[C@H]21)C3(C)C. The van der Waals surface area contributed by atoms with Crippen molar-refractivity contribution >= 4 is 35.4 Å². The first kappa shape index (κ1) is 41.6. The lowest BCUT2D eigenvalue weighted by molar-refractivity contribution is -0.343. The minimum absolute atomic E-state index is 0.0673. The third kappa shape index (κ3) is 6.68. The summed E-state index contributed by atoms with van der Waals surface area (Å²) in [5.74, 6) is -7.33. The molecule has 1 heterocycles. The Balaban J connectivity index is 1.35. The largest absolute Gasteiger partial charge is 0.456 e. The van der Waals surface area contributed by atoms with Gasteiger partial charge in [0.1, 0.15) is 23.9 Å². The fraction of sp³-hybridized carbons (Fsp3) is 0.422. The van der Waals surface area contributed by atoms with E-state index in [1.165, 1.54) is 39.8 Å². The maximum absolute atomic E-state index is 14.9. The molecular formula is C45H47NO13. The lowest BCUT2D eigenvalue weighted by atomic mass is 9.45. The lowest BCUT2D eigenvalue weighted by Crippen LogP contribution is -2.81. The Kier molecular flexibility index (Phi) is 10.8. The number of esters is 3. The minimum Gasteiger partial charge on any atom is -0.456 e. The number of ketones is 2. The number of carbonyl (C=O) groups is 6. The number of rotatable bonds is 9. The van der Waals surface area contributed by atoms with Crippen LogP contribution in [0.3, 0.4) is 0 Å². The summed E-state index contributed by atoms with van der Waals surface area (Å²) in [4.78, 5) is 84.1. The van der Waals surface area contributed by atoms with E-state index < -0.39 is 106 Å². The van der Waals surface area contributed by atoms with Crippen LogP contribution in [0.25, 0.3) is 0 Å². The van der Waals surface area contributed by atoms with Gasteiger partial charge in [-0.2, -0.15) is 0 Å². The van der Waals surface area contributed by atoms with Crippen LogP contribution in [0.4, 0.5) is 0 Å². The van der Waals surface area contributed by atoms with Gasteiger partial charge in [-0.3, -0.25) is 19.2 Å². The molecule has 0 aromatic heterocycles. The van der Waals surface area contributed by atoms with Crippen LogP contribution in [0.15, 0.2) is 102 Å². The number of Topliss-reactive ketones (excluding diaryl/α,β-unsaturated/α-hetero) is 2. The number of hydrogen-bond donors (Lipinski definition) is 4. The predicted octanol–water partition coefficient (Wildman–Crippen LogP) is 3.37. The van der Waals surface area contributed by atoms with Crippen molar-refractivity contribution in [2.75, 3.05) is 6.61 Å². The van der Waals surface area contributed by atoms with E-state index in [1.807, 2.05) is 0 Å². The number of aliphatic hydroxyl groups is 3. The zero-order valence-corrected chi connectivity index (χ0v) is 33.2. The van der Waals surface area contributed by atoms with Gasteiger partial charge in [-0.15, -0.1) is 0 Å². The predicted molar refractivity (Wildman–Crippen MR) is 207 cm³/mol. The van der Waals surface area contributed by atoms with Crippen molar-refractivity contribution in [2.24, 2.45) is 16.7 Å². The van der Waals surface area contributed by atoms with Crippen molar-refractivity contribution < 1.29 is 63.0 Å². The van der Waals surface area contributed by atoms with Crippen LogP contribution in [0.2, 0.25) is 0 Å². The fourth-order valence-electron chi connectivity index (χ4n) is 9.72. The van der Waals surface area contributed by atoms with E-state index in [4.69, 9.17) is 18.9 Å². The minimum atomic E-state index is -2.41. The van der Waals surface area contributed by atoms with Crippen molar-refractivity contribution in [3.05, 3.63) is 119 Å². The number of carbonyl (C=O) groups excluding carboxylic acids is 6. The average molecular weight is 810 g/mol. The zero-order chi connectivity index (χ0) is 42.7. The van der Waals surface area contributed by atoms with Gasteiger partial charge in [0.05, 0.1) is 35.6 Å². The Hall–Kier alpha value is -5.54. The highest BCUT2D eigenvalue weighted by atomic mass is 16.6. The third-order valence-electron chi connectivity index (χ3n) is 13.0. The Bertz CT molecular complexity index is 2210. The second-order valence-electron chi connectivity index (χ2n) is 16.6. The molecule has 3 fully saturated rings. The van der Waals surface area contributed by atoms with Crippen LogP contribution >= 0.6 is 0 Å². The lowest BCUT2D eigenvalue weighted by Gasteiger charge is -2.66. The first-order valence-corrected chi connectivity index (χ1v) is 19.5. The monoisotopic (exact) mass is 809 g/mol. The Morgan fingerprint density at radius 1 is 0.864 bits per heavy atom. The van der Waals surface area contributed by atoms with E-state index in [-0.39, 0.29) is 35.3 Å². The Morgan fingerprint density at radius 2 is 1.44 bits per heavy atom. The van der Waals surface area contributed by atoms with Gasteiger partial charge >= 0.3 is 17.9 Å². The highest BCUT2D eigenvalue weighted by Crippen LogP contribution is 2.63. The van der Waals surface area contributed by atoms with Crippen LogP contribution in [0.5, 0.6) is 0 Å². The zero-order valence-electron chi connectivity index (χ0n) is 33.2. The summed E-state index contributed by atoms with van der Waals surface area (Å²) in [6, 6.07) is 22.9. The second kappa shape index (κ2) is 15.2. The Morgan fingerprint density at radius 3 is 2.00 bits per heavy atom. The molecule has 0 radical (unpaired) electrons. The standard InChI is InChI=1S/C45H47NO13/c1-24-29(57-41(54)35(50)33(26-15-9-6-10-16-26)46-39(52)27-17-11-7-12-18-27)22-45(55)38(58-40(53)28-19-13-8-14-20-28)36-43(5,37(51)34(49)32(24)42(45,3)4)30(48)21-31-44(36,23-56-31)59-25(2)47/h6-20,29-31,33,35-36,38,48,50,55H,21-23H2,1-5H3,(H,46,52)/t29-,30+,31+,33?,35+,36-,38-,43+,44-,45+/m0/s1. The van der Waals surface area contributed by atoms with Gasteiger partial charge in [0, 0.05) is 36.3 Å². The molecule has 14 nitrogen and oxygen atoms in total.